The second-order valence-electron chi connectivity index (χ2n) is 6.13. The smallest absolute Gasteiger partial charge is 0.146 e. The molecule has 1 unspecified atom stereocenters. The molecule has 1 aromatic heterocycles. The summed E-state index contributed by atoms with van der Waals surface area (Å²) in [6.07, 6.45) is 2.63. The van der Waals surface area contributed by atoms with E-state index in [0.717, 1.165) is 31.9 Å². The molecule has 0 aliphatic carbocycles. The predicted octanol–water partition coefficient (Wildman–Crippen LogP) is 2.34. The van der Waals surface area contributed by atoms with Gasteiger partial charge in [-0.15, -0.1) is 0 Å². The summed E-state index contributed by atoms with van der Waals surface area (Å²) in [5.74, 6) is 1.58. The molecule has 0 spiro atoms. The first-order valence-corrected chi connectivity index (χ1v) is 7.61. The van der Waals surface area contributed by atoms with Gasteiger partial charge in [0.25, 0.3) is 0 Å². The second-order valence-corrected chi connectivity index (χ2v) is 6.13. The van der Waals surface area contributed by atoms with E-state index < -0.39 is 0 Å². The fourth-order valence-corrected chi connectivity index (χ4v) is 2.90. The van der Waals surface area contributed by atoms with Gasteiger partial charge in [-0.25, -0.2) is 9.67 Å². The lowest BCUT2D eigenvalue weighted by atomic mass is 9.97. The van der Waals surface area contributed by atoms with E-state index in [9.17, 15) is 0 Å². The van der Waals surface area contributed by atoms with Crippen LogP contribution < -0.4 is 10.6 Å². The van der Waals surface area contributed by atoms with Gasteiger partial charge in [-0.3, -0.25) is 0 Å². The number of para-hydroxylation sites is 1. The number of aromatic nitrogens is 3. The van der Waals surface area contributed by atoms with Crippen LogP contribution in [0.4, 0.5) is 5.69 Å². The standard InChI is InChI=1S/C16H23N5/c1-12(2)9-21-16(18-11-19-21)10-20-8-7-14(17)13-5-3-4-6-15(13)20/h3-6,11-12,14H,7-10,17H2,1-2H3. The summed E-state index contributed by atoms with van der Waals surface area (Å²) >= 11 is 0. The van der Waals surface area contributed by atoms with Crippen molar-refractivity contribution in [2.24, 2.45) is 11.7 Å². The monoisotopic (exact) mass is 285 g/mol. The van der Waals surface area contributed by atoms with Gasteiger partial charge in [0.15, 0.2) is 0 Å². The molecule has 112 valence electrons. The number of nitrogens with zero attached hydrogens (tertiary/aromatic N) is 4. The zero-order chi connectivity index (χ0) is 14.8. The maximum Gasteiger partial charge on any atom is 0.146 e. The Morgan fingerprint density at radius 3 is 2.95 bits per heavy atom. The minimum atomic E-state index is 0.144. The lowest BCUT2D eigenvalue weighted by molar-refractivity contribution is 0.461. The van der Waals surface area contributed by atoms with Crippen molar-refractivity contribution in [2.75, 3.05) is 11.4 Å². The van der Waals surface area contributed by atoms with Crippen LogP contribution in [0.25, 0.3) is 0 Å². The Hall–Kier alpha value is -1.88. The largest absolute Gasteiger partial charge is 0.364 e. The highest BCUT2D eigenvalue weighted by Crippen LogP contribution is 2.32. The van der Waals surface area contributed by atoms with Crippen LogP contribution in [0.3, 0.4) is 0 Å². The van der Waals surface area contributed by atoms with E-state index >= 15 is 0 Å². The molecule has 0 bridgehead atoms. The number of hydrogen-bond acceptors (Lipinski definition) is 4. The first-order valence-electron chi connectivity index (χ1n) is 7.61. The average Bonchev–Trinajstić information content (AvgIpc) is 2.89. The quantitative estimate of drug-likeness (QED) is 0.936. The summed E-state index contributed by atoms with van der Waals surface area (Å²) < 4.78 is 2.02. The van der Waals surface area contributed by atoms with Crippen molar-refractivity contribution in [2.45, 2.75) is 39.4 Å². The maximum absolute atomic E-state index is 6.22. The van der Waals surface area contributed by atoms with Gasteiger partial charge in [-0.1, -0.05) is 32.0 Å². The van der Waals surface area contributed by atoms with Crippen molar-refractivity contribution in [1.82, 2.24) is 14.8 Å². The molecule has 2 aromatic rings. The third kappa shape index (κ3) is 2.93. The lowest BCUT2D eigenvalue weighted by Crippen LogP contribution is -2.34. The molecule has 0 amide bonds. The summed E-state index contributed by atoms with van der Waals surface area (Å²) in [5.41, 5.74) is 8.68. The van der Waals surface area contributed by atoms with Crippen LogP contribution in [0, 0.1) is 5.92 Å². The van der Waals surface area contributed by atoms with Gasteiger partial charge in [0.05, 0.1) is 6.54 Å². The molecule has 0 saturated heterocycles. The molecular formula is C16H23N5. The van der Waals surface area contributed by atoms with Crippen molar-refractivity contribution in [3.05, 3.63) is 42.0 Å². The molecule has 5 nitrogen and oxygen atoms in total. The molecule has 21 heavy (non-hydrogen) atoms. The topological polar surface area (TPSA) is 60.0 Å². The van der Waals surface area contributed by atoms with E-state index in [-0.39, 0.29) is 6.04 Å². The minimum Gasteiger partial charge on any atom is -0.364 e. The Labute approximate surface area is 125 Å². The summed E-state index contributed by atoms with van der Waals surface area (Å²) in [5, 5.41) is 4.35. The van der Waals surface area contributed by atoms with Gasteiger partial charge in [-0.05, 0) is 24.0 Å². The van der Waals surface area contributed by atoms with Gasteiger partial charge in [-0.2, -0.15) is 5.10 Å². The molecule has 1 aliphatic rings. The minimum absolute atomic E-state index is 0.144. The fourth-order valence-electron chi connectivity index (χ4n) is 2.90. The fraction of sp³-hybridized carbons (Fsp3) is 0.500. The SMILES string of the molecule is CC(C)Cn1ncnc1CN1CCC(N)c2ccccc21. The van der Waals surface area contributed by atoms with Gasteiger partial charge < -0.3 is 10.6 Å². The Bertz CT molecular complexity index is 604. The van der Waals surface area contributed by atoms with Gasteiger partial charge >= 0.3 is 0 Å². The third-order valence-electron chi connectivity index (χ3n) is 3.95. The van der Waals surface area contributed by atoms with Crippen LogP contribution in [0.5, 0.6) is 0 Å². The highest BCUT2D eigenvalue weighted by Gasteiger charge is 2.23. The Morgan fingerprint density at radius 2 is 2.14 bits per heavy atom. The van der Waals surface area contributed by atoms with Crippen LogP contribution in [0.2, 0.25) is 0 Å². The summed E-state index contributed by atoms with van der Waals surface area (Å²) in [4.78, 5) is 6.79. The second kappa shape index (κ2) is 5.85. The van der Waals surface area contributed by atoms with Gasteiger partial charge in [0.2, 0.25) is 0 Å². The molecule has 1 aromatic carbocycles. The molecular weight excluding hydrogens is 262 g/mol. The number of nitrogens with two attached hydrogens (primary N) is 1. The molecule has 0 fully saturated rings. The van der Waals surface area contributed by atoms with Crippen LogP contribution in [0.1, 0.15) is 37.7 Å². The highest BCUT2D eigenvalue weighted by atomic mass is 15.3. The molecule has 2 heterocycles. The summed E-state index contributed by atoms with van der Waals surface area (Å²) in [6, 6.07) is 8.56. The number of anilines is 1. The lowest BCUT2D eigenvalue weighted by Gasteiger charge is -2.34. The average molecular weight is 285 g/mol. The Balaban J connectivity index is 1.83. The molecule has 1 aliphatic heterocycles. The highest BCUT2D eigenvalue weighted by molar-refractivity contribution is 5.56. The molecule has 1 atom stereocenters. The number of fused-ring (bicyclic) bond motifs is 1. The maximum atomic E-state index is 6.22. The van der Waals surface area contributed by atoms with E-state index in [1.54, 1.807) is 6.33 Å². The van der Waals surface area contributed by atoms with Crippen molar-refractivity contribution >= 4 is 5.69 Å². The van der Waals surface area contributed by atoms with Crippen LogP contribution in [0.15, 0.2) is 30.6 Å². The first kappa shape index (κ1) is 14.1. The molecule has 5 heteroatoms. The molecule has 0 saturated carbocycles. The number of hydrogen-bond donors (Lipinski definition) is 1. The molecule has 0 radical (unpaired) electrons. The van der Waals surface area contributed by atoms with E-state index in [1.165, 1.54) is 11.3 Å². The Kier molecular flexibility index (Phi) is 3.92. The normalized spacial score (nSPS) is 18.1. The predicted molar refractivity (Wildman–Crippen MR) is 83.9 cm³/mol. The van der Waals surface area contributed by atoms with Crippen molar-refractivity contribution in [1.29, 1.82) is 0 Å². The summed E-state index contributed by atoms with van der Waals surface area (Å²) in [6.45, 7) is 7.05. The van der Waals surface area contributed by atoms with Crippen LogP contribution in [-0.2, 0) is 13.1 Å². The third-order valence-corrected chi connectivity index (χ3v) is 3.95. The van der Waals surface area contributed by atoms with E-state index in [4.69, 9.17) is 5.73 Å². The molecule has 3 rings (SSSR count). The van der Waals surface area contributed by atoms with E-state index in [0.29, 0.717) is 5.92 Å². The Morgan fingerprint density at radius 1 is 1.33 bits per heavy atom. The van der Waals surface area contributed by atoms with Gasteiger partial charge in [0, 0.05) is 24.8 Å². The van der Waals surface area contributed by atoms with Crippen molar-refractivity contribution < 1.29 is 0 Å². The molecule has 2 N–H and O–H groups in total. The number of rotatable bonds is 4. The van der Waals surface area contributed by atoms with Crippen molar-refractivity contribution in [3.8, 4) is 0 Å². The van der Waals surface area contributed by atoms with Crippen LogP contribution in [-0.4, -0.2) is 21.3 Å². The number of benzene rings is 1. The summed E-state index contributed by atoms with van der Waals surface area (Å²) in [7, 11) is 0. The van der Waals surface area contributed by atoms with Crippen LogP contribution >= 0.6 is 0 Å². The van der Waals surface area contributed by atoms with E-state index in [1.807, 2.05) is 4.68 Å². The zero-order valence-corrected chi connectivity index (χ0v) is 12.7. The first-order chi connectivity index (χ1) is 10.1. The zero-order valence-electron chi connectivity index (χ0n) is 12.7. The van der Waals surface area contributed by atoms with Crippen molar-refractivity contribution in [3.63, 3.8) is 0 Å². The van der Waals surface area contributed by atoms with E-state index in [2.05, 4.69) is 53.1 Å². The van der Waals surface area contributed by atoms with Gasteiger partial charge in [0.1, 0.15) is 12.2 Å².